The van der Waals surface area contributed by atoms with Crippen LogP contribution in [0.3, 0.4) is 0 Å². The van der Waals surface area contributed by atoms with E-state index < -0.39 is 0 Å². The van der Waals surface area contributed by atoms with Crippen LogP contribution in [0.25, 0.3) is 0 Å². The average molecular weight is 406 g/mol. The molecule has 3 heterocycles. The molecule has 0 amide bonds. The van der Waals surface area contributed by atoms with Crippen molar-refractivity contribution in [1.29, 1.82) is 0 Å². The topological polar surface area (TPSA) is 0 Å². The van der Waals surface area contributed by atoms with E-state index >= 15 is 0 Å². The van der Waals surface area contributed by atoms with Crippen molar-refractivity contribution in [2.45, 2.75) is 36.4 Å². The van der Waals surface area contributed by atoms with Crippen LogP contribution in [0, 0.1) is 0 Å². The summed E-state index contributed by atoms with van der Waals surface area (Å²) in [5, 5.41) is 4.14. The van der Waals surface area contributed by atoms with E-state index in [2.05, 4.69) is 47.0 Å². The van der Waals surface area contributed by atoms with Crippen LogP contribution in [0.2, 0.25) is 8.94 Å². The predicted molar refractivity (Wildman–Crippen MR) is 85.0 cm³/mol. The molecule has 0 aromatic heterocycles. The molecule has 0 radical (unpaired) electrons. The van der Waals surface area contributed by atoms with E-state index in [0.29, 0.717) is 20.9 Å². The van der Waals surface area contributed by atoms with Crippen LogP contribution in [0.1, 0.15) is 6.42 Å². The summed E-state index contributed by atoms with van der Waals surface area (Å²) in [6.45, 7) is 0. The zero-order chi connectivity index (χ0) is 10.8. The number of hydrogen-bond donors (Lipinski definition) is 0. The first-order chi connectivity index (χ1) is 7.92. The Morgan fingerprint density at radius 2 is 1.62 bits per heavy atom. The molecule has 3 rings (SSSR count). The monoisotopic (exact) mass is 408 g/mol. The van der Waals surface area contributed by atoms with Gasteiger partial charge in [-0.05, 0) is 0 Å². The Morgan fingerprint density at radius 3 is 2.25 bits per heavy atom. The molecule has 0 spiro atoms. The zero-order valence-electron chi connectivity index (χ0n) is 9.30. The van der Waals surface area contributed by atoms with Gasteiger partial charge in [-0.2, -0.15) is 0 Å². The van der Waals surface area contributed by atoms with E-state index in [-0.39, 0.29) is 0 Å². The molecule has 0 N–H and O–H groups in total. The van der Waals surface area contributed by atoms with Crippen molar-refractivity contribution in [3.8, 4) is 0 Å². The maximum absolute atomic E-state index is 2.33. The molecule has 0 bridgehead atoms. The molecule has 92 valence electrons. The Balaban J connectivity index is 1.42. The Morgan fingerprint density at radius 1 is 1.00 bits per heavy atom. The fraction of sp³-hybridized carbons (Fsp3) is 1.00. The number of hydrogen-bond acceptors (Lipinski definition) is 4. The molecule has 0 aliphatic carbocycles. The van der Waals surface area contributed by atoms with Crippen LogP contribution in [0.15, 0.2) is 0 Å². The second-order valence-electron chi connectivity index (χ2n) is 4.52. The zero-order valence-corrected chi connectivity index (χ0v) is 14.9. The number of rotatable bonds is 6. The first-order valence-corrected chi connectivity index (χ1v) is 13.4. The van der Waals surface area contributed by atoms with Crippen molar-refractivity contribution in [2.75, 3.05) is 23.0 Å². The second-order valence-corrected chi connectivity index (χ2v) is 13.0. The van der Waals surface area contributed by atoms with E-state index in [9.17, 15) is 0 Å². The van der Waals surface area contributed by atoms with Crippen LogP contribution in [0.5, 0.6) is 0 Å². The van der Waals surface area contributed by atoms with Gasteiger partial charge in [-0.1, -0.05) is 0 Å². The molecule has 0 aromatic rings. The quantitative estimate of drug-likeness (QED) is 0.490. The van der Waals surface area contributed by atoms with Crippen molar-refractivity contribution in [3.05, 3.63) is 0 Å². The Labute approximate surface area is 126 Å². The molecule has 16 heavy (non-hydrogen) atoms. The van der Waals surface area contributed by atoms with Crippen LogP contribution in [-0.4, -0.2) is 64.9 Å². The molecule has 4 unspecified atom stereocenters. The SMILES string of the molecule is C1CC(SCC2CS2)C(SCC2CS2)C[Te]1. The first kappa shape index (κ1) is 13.2. The van der Waals surface area contributed by atoms with Gasteiger partial charge < -0.3 is 0 Å². The molecule has 3 fully saturated rings. The van der Waals surface area contributed by atoms with E-state index in [4.69, 9.17) is 0 Å². The predicted octanol–water partition coefficient (Wildman–Crippen LogP) is 3.37. The Hall–Kier alpha value is 2.19. The minimum atomic E-state index is 0.412. The Bertz CT molecular complexity index is 206. The summed E-state index contributed by atoms with van der Waals surface area (Å²) in [6.07, 6.45) is 1.56. The fourth-order valence-corrected chi connectivity index (χ4v) is 11.9. The third-order valence-electron chi connectivity index (χ3n) is 3.04. The number of thioether (sulfide) groups is 4. The van der Waals surface area contributed by atoms with Gasteiger partial charge in [-0.25, -0.2) is 0 Å². The molecule has 3 aliphatic heterocycles. The summed E-state index contributed by atoms with van der Waals surface area (Å²) in [6, 6.07) is 0. The van der Waals surface area contributed by atoms with Crippen LogP contribution >= 0.6 is 47.0 Å². The third kappa shape index (κ3) is 4.38. The summed E-state index contributed by atoms with van der Waals surface area (Å²) in [5.41, 5.74) is 0. The van der Waals surface area contributed by atoms with E-state index in [1.165, 1.54) is 23.0 Å². The summed E-state index contributed by atoms with van der Waals surface area (Å²) in [4.78, 5) is 0. The van der Waals surface area contributed by atoms with E-state index in [0.717, 1.165) is 21.0 Å². The molecule has 0 aromatic carbocycles. The molecule has 3 aliphatic rings. The molecule has 0 saturated carbocycles. The maximum atomic E-state index is 2.33. The minimum absolute atomic E-state index is 0.412. The summed E-state index contributed by atoms with van der Waals surface area (Å²) in [7, 11) is 0. The van der Waals surface area contributed by atoms with Crippen molar-refractivity contribution >= 4 is 68.0 Å². The van der Waals surface area contributed by atoms with Crippen molar-refractivity contribution in [1.82, 2.24) is 0 Å². The molecule has 3 saturated heterocycles. The molecule has 4 atom stereocenters. The van der Waals surface area contributed by atoms with Gasteiger partial charge in [0.05, 0.1) is 0 Å². The molecule has 0 nitrogen and oxygen atoms in total. The van der Waals surface area contributed by atoms with Crippen molar-refractivity contribution in [2.24, 2.45) is 0 Å². The van der Waals surface area contributed by atoms with Gasteiger partial charge >= 0.3 is 127 Å². The second kappa shape index (κ2) is 6.57. The van der Waals surface area contributed by atoms with Gasteiger partial charge in [0.1, 0.15) is 0 Å². The van der Waals surface area contributed by atoms with E-state index in [1.54, 1.807) is 15.4 Å². The summed E-state index contributed by atoms with van der Waals surface area (Å²) in [5.74, 6) is 5.81. The first-order valence-electron chi connectivity index (χ1n) is 5.96. The van der Waals surface area contributed by atoms with Crippen LogP contribution < -0.4 is 0 Å². The standard InChI is InChI=1S/C11H18S4Te/c1-2-16-7-11(15-6-9-4-13-9)10(1)14-5-8-3-12-8/h8-11H,1-7H2. The molecular weight excluding hydrogens is 388 g/mol. The fourth-order valence-electron chi connectivity index (χ4n) is 1.83. The van der Waals surface area contributed by atoms with Gasteiger partial charge in [0.15, 0.2) is 0 Å². The van der Waals surface area contributed by atoms with Gasteiger partial charge in [-0.3, -0.25) is 0 Å². The van der Waals surface area contributed by atoms with Gasteiger partial charge in [0.2, 0.25) is 0 Å². The normalized spacial score (nSPS) is 42.0. The van der Waals surface area contributed by atoms with Crippen molar-refractivity contribution in [3.63, 3.8) is 0 Å². The van der Waals surface area contributed by atoms with Gasteiger partial charge in [0, 0.05) is 0 Å². The van der Waals surface area contributed by atoms with Crippen LogP contribution in [-0.2, 0) is 0 Å². The average Bonchev–Trinajstić information content (AvgIpc) is 3.17. The Kier molecular flexibility index (Phi) is 5.41. The molecular formula is C11H18S4Te. The van der Waals surface area contributed by atoms with Crippen molar-refractivity contribution < 1.29 is 0 Å². The van der Waals surface area contributed by atoms with E-state index in [1.807, 2.05) is 0 Å². The summed E-state index contributed by atoms with van der Waals surface area (Å²) < 4.78 is 3.25. The third-order valence-corrected chi connectivity index (χ3v) is 12.5. The van der Waals surface area contributed by atoms with Crippen LogP contribution in [0.4, 0.5) is 0 Å². The summed E-state index contributed by atoms with van der Waals surface area (Å²) >= 11 is 9.39. The molecule has 5 heteroatoms. The van der Waals surface area contributed by atoms with Gasteiger partial charge in [-0.15, -0.1) is 0 Å². The van der Waals surface area contributed by atoms with Gasteiger partial charge in [0.25, 0.3) is 0 Å².